The van der Waals surface area contributed by atoms with E-state index in [1.54, 1.807) is 41.5 Å². The summed E-state index contributed by atoms with van der Waals surface area (Å²) in [5.41, 5.74) is 0.397. The highest BCUT2D eigenvalue weighted by atomic mass is 16.7. The molecule has 1 saturated heterocycles. The number of guanidine groups is 1. The Hall–Kier alpha value is -3.51. The number of carbonyl (C=O) groups excluding carboxylic acids is 2. The minimum Gasteiger partial charge on any atom is -0.444 e. The molecule has 1 heterocycles. The molecule has 11 nitrogen and oxygen atoms in total. The predicted molar refractivity (Wildman–Crippen MR) is 157 cm³/mol. The first-order chi connectivity index (χ1) is 19.8. The lowest BCUT2D eigenvalue weighted by molar-refractivity contribution is -0.139. The standard InChI is InChI=1S/C31H43N3O8/c1-30(2,3)41-28(35)33-27(34-29(36)42-31(4,5)6)32-24-25(39-19-22-16-12-9-13-17-22)23(40-26(24)37-7)20-38-18-21-14-10-8-11-15-21/h8-17,23-26H,18-20H2,1-7H3,(H2,32,33,34,35,36)/t23-,24+,25+,26+/m1/s1. The maximum absolute atomic E-state index is 12.7. The highest BCUT2D eigenvalue weighted by Gasteiger charge is 2.46. The van der Waals surface area contributed by atoms with Crippen LogP contribution in [0.4, 0.5) is 9.59 Å². The average Bonchev–Trinajstić information content (AvgIpc) is 3.22. The largest absolute Gasteiger partial charge is 0.444 e. The number of nitrogens with zero attached hydrogens (tertiary/aromatic N) is 1. The first-order valence-electron chi connectivity index (χ1n) is 13.9. The second-order valence-electron chi connectivity index (χ2n) is 11.8. The minimum atomic E-state index is -0.869. The highest BCUT2D eigenvalue weighted by Crippen LogP contribution is 2.29. The van der Waals surface area contributed by atoms with Crippen molar-refractivity contribution < 1.29 is 38.0 Å². The van der Waals surface area contributed by atoms with Crippen LogP contribution in [0.25, 0.3) is 0 Å². The molecule has 0 aromatic heterocycles. The molecule has 11 heteroatoms. The summed E-state index contributed by atoms with van der Waals surface area (Å²) in [6, 6.07) is 18.6. The van der Waals surface area contributed by atoms with Gasteiger partial charge in [-0.3, -0.25) is 10.6 Å². The number of rotatable bonds is 9. The summed E-state index contributed by atoms with van der Waals surface area (Å²) < 4.78 is 34.9. The monoisotopic (exact) mass is 585 g/mol. The lowest BCUT2D eigenvalue weighted by Gasteiger charge is -2.24. The maximum atomic E-state index is 12.7. The van der Waals surface area contributed by atoms with Crippen LogP contribution in [0.3, 0.4) is 0 Å². The molecule has 2 aromatic rings. The number of hydrogen-bond donors (Lipinski definition) is 2. The van der Waals surface area contributed by atoms with Gasteiger partial charge in [-0.2, -0.15) is 0 Å². The van der Waals surface area contributed by atoms with Crippen LogP contribution in [0.1, 0.15) is 52.7 Å². The number of amides is 2. The van der Waals surface area contributed by atoms with Gasteiger partial charge in [0.25, 0.3) is 0 Å². The van der Waals surface area contributed by atoms with E-state index in [1.807, 2.05) is 60.7 Å². The molecule has 0 unspecified atom stereocenters. The Bertz CT molecular complexity index is 1130. The molecule has 42 heavy (non-hydrogen) atoms. The fraction of sp³-hybridized carbons (Fsp3) is 0.516. The highest BCUT2D eigenvalue weighted by molar-refractivity contribution is 6.01. The second kappa shape index (κ2) is 15.1. The van der Waals surface area contributed by atoms with Crippen molar-refractivity contribution in [3.05, 3.63) is 71.8 Å². The number of ether oxygens (including phenoxy) is 6. The summed E-state index contributed by atoms with van der Waals surface area (Å²) in [7, 11) is 1.48. The second-order valence-corrected chi connectivity index (χ2v) is 11.8. The molecule has 1 aliphatic heterocycles. The van der Waals surface area contributed by atoms with Crippen LogP contribution in [0, 0.1) is 0 Å². The lowest BCUT2D eigenvalue weighted by Crippen LogP contribution is -2.49. The maximum Gasteiger partial charge on any atom is 0.414 e. The molecule has 2 N–H and O–H groups in total. The third-order valence-corrected chi connectivity index (χ3v) is 5.72. The number of carbonyl (C=O) groups is 2. The molecule has 0 bridgehead atoms. The number of benzene rings is 2. The molecule has 0 radical (unpaired) electrons. The lowest BCUT2D eigenvalue weighted by atomic mass is 10.1. The van der Waals surface area contributed by atoms with E-state index in [9.17, 15) is 9.59 Å². The van der Waals surface area contributed by atoms with Gasteiger partial charge in [-0.05, 0) is 52.7 Å². The molecule has 0 saturated carbocycles. The first-order valence-corrected chi connectivity index (χ1v) is 13.9. The summed E-state index contributed by atoms with van der Waals surface area (Å²) in [5.74, 6) is -0.201. The quantitative estimate of drug-likeness (QED) is 0.313. The summed E-state index contributed by atoms with van der Waals surface area (Å²) >= 11 is 0. The molecule has 0 spiro atoms. The van der Waals surface area contributed by atoms with Gasteiger partial charge in [0, 0.05) is 7.11 Å². The Kier molecular flexibility index (Phi) is 11.9. The zero-order valence-electron chi connectivity index (χ0n) is 25.4. The number of alkyl carbamates (subject to hydrolysis) is 2. The molecule has 0 aliphatic carbocycles. The van der Waals surface area contributed by atoms with Gasteiger partial charge in [-0.1, -0.05) is 60.7 Å². The molecule has 2 aromatic carbocycles. The van der Waals surface area contributed by atoms with Gasteiger partial charge in [0.2, 0.25) is 5.96 Å². The molecule has 230 valence electrons. The predicted octanol–water partition coefficient (Wildman–Crippen LogP) is 4.93. The molecule has 4 atom stereocenters. The van der Waals surface area contributed by atoms with E-state index in [2.05, 4.69) is 15.6 Å². The van der Waals surface area contributed by atoms with Gasteiger partial charge >= 0.3 is 12.2 Å². The van der Waals surface area contributed by atoms with Crippen LogP contribution in [-0.4, -0.2) is 67.6 Å². The molecule has 3 rings (SSSR count). The van der Waals surface area contributed by atoms with Crippen molar-refractivity contribution in [3.63, 3.8) is 0 Å². The van der Waals surface area contributed by atoms with Crippen LogP contribution < -0.4 is 10.6 Å². The van der Waals surface area contributed by atoms with Crippen LogP contribution in [0.5, 0.6) is 0 Å². The molecule has 2 amide bonds. The van der Waals surface area contributed by atoms with Gasteiger partial charge in [0.1, 0.15) is 29.5 Å². The number of methoxy groups -OCH3 is 1. The Morgan fingerprint density at radius 2 is 1.31 bits per heavy atom. The smallest absolute Gasteiger partial charge is 0.414 e. The topological polar surface area (TPSA) is 126 Å². The Balaban J connectivity index is 1.87. The normalized spacial score (nSPS) is 20.5. The van der Waals surface area contributed by atoms with Gasteiger partial charge < -0.3 is 28.4 Å². The third-order valence-electron chi connectivity index (χ3n) is 5.72. The van der Waals surface area contributed by atoms with E-state index < -0.39 is 47.9 Å². The molecule has 1 aliphatic rings. The van der Waals surface area contributed by atoms with Crippen molar-refractivity contribution in [2.75, 3.05) is 13.7 Å². The van der Waals surface area contributed by atoms with Gasteiger partial charge in [-0.15, -0.1) is 0 Å². The van der Waals surface area contributed by atoms with Gasteiger partial charge in [0.15, 0.2) is 6.29 Å². The van der Waals surface area contributed by atoms with E-state index in [0.717, 1.165) is 11.1 Å². The van der Waals surface area contributed by atoms with E-state index in [4.69, 9.17) is 28.4 Å². The summed E-state index contributed by atoms with van der Waals surface area (Å²) in [6.45, 7) is 11.2. The zero-order valence-corrected chi connectivity index (χ0v) is 25.4. The molecular formula is C31H43N3O8. The van der Waals surface area contributed by atoms with Crippen LogP contribution >= 0.6 is 0 Å². The number of nitrogens with one attached hydrogen (secondary N) is 2. The zero-order chi connectivity index (χ0) is 30.8. The van der Waals surface area contributed by atoms with Gasteiger partial charge in [-0.25, -0.2) is 14.6 Å². The SMILES string of the molecule is CO[C@H]1O[C@H](COCc2ccccc2)[C@H](OCc2ccccc2)[C@@H]1N=C(NC(=O)OC(C)(C)C)NC(=O)OC(C)(C)C. The molecular weight excluding hydrogens is 542 g/mol. The van der Waals surface area contributed by atoms with Crippen LogP contribution in [-0.2, 0) is 41.6 Å². The fourth-order valence-electron chi connectivity index (χ4n) is 4.05. The summed E-state index contributed by atoms with van der Waals surface area (Å²) in [5, 5.41) is 5.03. The summed E-state index contributed by atoms with van der Waals surface area (Å²) in [6.07, 6.45) is -3.72. The van der Waals surface area contributed by atoms with E-state index in [1.165, 1.54) is 7.11 Å². The minimum absolute atomic E-state index is 0.189. The van der Waals surface area contributed by atoms with Crippen molar-refractivity contribution in [1.82, 2.24) is 10.6 Å². The van der Waals surface area contributed by atoms with E-state index >= 15 is 0 Å². The van der Waals surface area contributed by atoms with E-state index in [-0.39, 0.29) is 19.2 Å². The van der Waals surface area contributed by atoms with Crippen LogP contribution in [0.15, 0.2) is 65.7 Å². The Morgan fingerprint density at radius 3 is 1.79 bits per heavy atom. The van der Waals surface area contributed by atoms with Crippen molar-refractivity contribution in [3.8, 4) is 0 Å². The van der Waals surface area contributed by atoms with Crippen molar-refractivity contribution in [2.45, 2.75) is 90.5 Å². The van der Waals surface area contributed by atoms with Crippen LogP contribution in [0.2, 0.25) is 0 Å². The van der Waals surface area contributed by atoms with E-state index in [0.29, 0.717) is 6.61 Å². The summed E-state index contributed by atoms with van der Waals surface area (Å²) in [4.78, 5) is 30.0. The number of hydrogen-bond acceptors (Lipinski definition) is 9. The van der Waals surface area contributed by atoms with Crippen molar-refractivity contribution in [1.29, 1.82) is 0 Å². The van der Waals surface area contributed by atoms with Gasteiger partial charge in [0.05, 0.1) is 19.8 Å². The van der Waals surface area contributed by atoms with Crippen molar-refractivity contribution in [2.24, 2.45) is 4.99 Å². The first kappa shape index (κ1) is 33.0. The number of aliphatic imine (C=N–C) groups is 1. The Labute approximate surface area is 247 Å². The fourth-order valence-corrected chi connectivity index (χ4v) is 4.05. The third kappa shape index (κ3) is 11.4. The average molecular weight is 586 g/mol. The Morgan fingerprint density at radius 1 is 0.810 bits per heavy atom. The van der Waals surface area contributed by atoms with Crippen molar-refractivity contribution >= 4 is 18.1 Å². The molecule has 1 fully saturated rings.